The second-order valence-electron chi connectivity index (χ2n) is 2.47. The van der Waals surface area contributed by atoms with Crippen molar-refractivity contribution in [2.24, 2.45) is 0 Å². The molecule has 0 bridgehead atoms. The fourth-order valence-electron chi connectivity index (χ4n) is 1.12. The van der Waals surface area contributed by atoms with Crippen molar-refractivity contribution in [1.29, 1.82) is 0 Å². The average Bonchev–Trinajstić information content (AvgIpc) is 2.04. The van der Waals surface area contributed by atoms with Gasteiger partial charge in [0.1, 0.15) is 0 Å². The molecule has 4 heteroatoms. The van der Waals surface area contributed by atoms with Gasteiger partial charge in [0, 0.05) is 0 Å². The van der Waals surface area contributed by atoms with Crippen LogP contribution in [-0.4, -0.2) is 26.3 Å². The predicted molar refractivity (Wildman–Crippen MR) is 47.8 cm³/mol. The molecule has 0 aliphatic heterocycles. The molecule has 1 aromatic carbocycles. The number of H-pyrrole nitrogens is 1. The Morgan fingerprint density at radius 3 is 2.92 bits per heavy atom. The molecule has 0 aliphatic rings. The van der Waals surface area contributed by atoms with Gasteiger partial charge in [-0.25, -0.2) is 4.79 Å². The van der Waals surface area contributed by atoms with Crippen LogP contribution in [-0.2, 0) is 0 Å². The first-order valence-corrected chi connectivity index (χ1v) is 4.09. The lowest BCUT2D eigenvalue weighted by molar-refractivity contribution is 1.14. The Kier molecular flexibility index (Phi) is 1.72. The fourth-order valence-corrected chi connectivity index (χ4v) is 1.49. The Balaban J connectivity index is 2.99. The fraction of sp³-hybridized carbons (Fsp3) is 0. The number of para-hydroxylation sites is 1. The third-order valence-electron chi connectivity index (χ3n) is 1.66. The lowest BCUT2D eigenvalue weighted by Gasteiger charge is -1.99. The Hall–Kier alpha value is -1.11. The van der Waals surface area contributed by atoms with E-state index in [1.807, 2.05) is 24.3 Å². The number of aromatic nitrogens is 2. The molecule has 1 N–H and O–H groups in total. The number of aromatic amines is 1. The monoisotopic (exact) mass is 172 g/mol. The molecular weight excluding hydrogens is 167 g/mol. The highest BCUT2D eigenvalue weighted by molar-refractivity contribution is 6.36. The van der Waals surface area contributed by atoms with Gasteiger partial charge in [0.15, 0.2) is 0 Å². The maximum Gasteiger partial charge on any atom is 0.344 e. The quantitative estimate of drug-likeness (QED) is 0.555. The second kappa shape index (κ2) is 2.74. The molecule has 2 rings (SSSR count). The number of hydrogen-bond donors (Lipinski definition) is 1. The molecule has 0 aliphatic carbocycles. The van der Waals surface area contributed by atoms with Crippen LogP contribution < -0.4 is 10.2 Å². The van der Waals surface area contributed by atoms with Crippen LogP contribution in [0.3, 0.4) is 0 Å². The molecule has 0 unspecified atom stereocenters. The van der Waals surface area contributed by atoms with Crippen molar-refractivity contribution in [3.8, 4) is 0 Å². The number of rotatable bonds is 0. The standard InChI is InChI=1S/C8H5N2O.Al/c11-8-9-5-6-3-1-2-4-7(6)10-8;/h1-4H,(H,9,10,11);. The van der Waals surface area contributed by atoms with Gasteiger partial charge >= 0.3 is 5.69 Å². The van der Waals surface area contributed by atoms with Crippen LogP contribution in [0.15, 0.2) is 29.1 Å². The van der Waals surface area contributed by atoms with E-state index in [2.05, 4.69) is 26.3 Å². The third kappa shape index (κ3) is 1.16. The van der Waals surface area contributed by atoms with Gasteiger partial charge in [0.05, 0.1) is 5.52 Å². The zero-order valence-corrected chi connectivity index (χ0v) is 7.40. The molecular formula is C8H5AlN2O. The normalized spacial score (nSPS) is 10.3. The molecule has 0 amide bonds. The zero-order chi connectivity index (χ0) is 8.55. The number of nitrogens with one attached hydrogen (secondary N) is 1. The Labute approximate surface area is 76.9 Å². The SMILES string of the molecule is O=c1nc2ccccc2[c]([Al])[nH]1. The average molecular weight is 172 g/mol. The predicted octanol–water partition coefficient (Wildman–Crippen LogP) is -0.283. The summed E-state index contributed by atoms with van der Waals surface area (Å²) < 4.78 is 0.783. The van der Waals surface area contributed by atoms with Crippen molar-refractivity contribution < 1.29 is 0 Å². The van der Waals surface area contributed by atoms with E-state index in [0.717, 1.165) is 15.5 Å². The summed E-state index contributed by atoms with van der Waals surface area (Å²) in [7, 11) is 0. The number of nitrogens with zero attached hydrogens (tertiary/aromatic N) is 1. The Morgan fingerprint density at radius 1 is 1.33 bits per heavy atom. The van der Waals surface area contributed by atoms with Crippen LogP contribution in [0.2, 0.25) is 0 Å². The van der Waals surface area contributed by atoms with Gasteiger partial charge in [-0.3, -0.25) is 0 Å². The van der Waals surface area contributed by atoms with Crippen molar-refractivity contribution in [2.45, 2.75) is 0 Å². The summed E-state index contributed by atoms with van der Waals surface area (Å²) in [6.07, 6.45) is 0. The van der Waals surface area contributed by atoms with Crippen LogP contribution in [0, 0.1) is 0 Å². The summed E-state index contributed by atoms with van der Waals surface area (Å²) in [5.74, 6) is 0. The third-order valence-corrected chi connectivity index (χ3v) is 2.11. The molecule has 2 aromatic rings. The highest BCUT2D eigenvalue weighted by Gasteiger charge is 1.96. The van der Waals surface area contributed by atoms with E-state index >= 15 is 0 Å². The molecule has 0 spiro atoms. The number of hydrogen-bond acceptors (Lipinski definition) is 2. The molecule has 0 saturated carbocycles. The highest BCUT2D eigenvalue weighted by atomic mass is 27.0. The van der Waals surface area contributed by atoms with Gasteiger partial charge < -0.3 is 4.98 Å². The first-order chi connectivity index (χ1) is 5.77. The van der Waals surface area contributed by atoms with E-state index in [1.165, 1.54) is 0 Å². The molecule has 12 heavy (non-hydrogen) atoms. The number of fused-ring (bicyclic) bond motifs is 1. The molecule has 0 fully saturated rings. The van der Waals surface area contributed by atoms with Crippen LogP contribution in [0.1, 0.15) is 0 Å². The smallest absolute Gasteiger partial charge is 0.328 e. The van der Waals surface area contributed by atoms with E-state index in [4.69, 9.17) is 0 Å². The van der Waals surface area contributed by atoms with Crippen molar-refractivity contribution >= 4 is 31.7 Å². The summed E-state index contributed by atoms with van der Waals surface area (Å²) in [6, 6.07) is 7.51. The van der Waals surface area contributed by atoms with Gasteiger partial charge in [-0.15, -0.1) is 0 Å². The Bertz CT molecular complexity index is 478. The maximum absolute atomic E-state index is 10.9. The van der Waals surface area contributed by atoms with Crippen molar-refractivity contribution in [1.82, 2.24) is 9.97 Å². The van der Waals surface area contributed by atoms with Crippen LogP contribution in [0.4, 0.5) is 0 Å². The summed E-state index contributed by atoms with van der Waals surface area (Å²) in [6.45, 7) is 0. The van der Waals surface area contributed by atoms with Gasteiger partial charge in [-0.05, 0) is 11.5 Å². The van der Waals surface area contributed by atoms with Crippen LogP contribution >= 0.6 is 0 Å². The van der Waals surface area contributed by atoms with Gasteiger partial charge in [-0.1, -0.05) is 22.8 Å². The summed E-state index contributed by atoms with van der Waals surface area (Å²) in [5, 5.41) is 0.960. The van der Waals surface area contributed by atoms with E-state index in [1.54, 1.807) is 0 Å². The van der Waals surface area contributed by atoms with Gasteiger partial charge in [0.2, 0.25) is 16.3 Å². The van der Waals surface area contributed by atoms with Gasteiger partial charge in [-0.2, -0.15) is 4.98 Å². The van der Waals surface area contributed by atoms with Gasteiger partial charge in [0.25, 0.3) is 0 Å². The molecule has 0 saturated heterocycles. The van der Waals surface area contributed by atoms with Crippen molar-refractivity contribution in [3.63, 3.8) is 0 Å². The second-order valence-corrected chi connectivity index (χ2v) is 3.05. The zero-order valence-electron chi connectivity index (χ0n) is 6.24. The number of benzene rings is 1. The van der Waals surface area contributed by atoms with Crippen molar-refractivity contribution in [2.75, 3.05) is 0 Å². The van der Waals surface area contributed by atoms with E-state index < -0.39 is 0 Å². The summed E-state index contributed by atoms with van der Waals surface area (Å²) in [5.41, 5.74) is 0.421. The highest BCUT2D eigenvalue weighted by Crippen LogP contribution is 2.03. The Morgan fingerprint density at radius 2 is 2.08 bits per heavy atom. The van der Waals surface area contributed by atoms with Crippen LogP contribution in [0.25, 0.3) is 10.9 Å². The molecule has 1 heterocycles. The minimum atomic E-state index is -0.307. The minimum absolute atomic E-state index is 0.307. The lowest BCUT2D eigenvalue weighted by Crippen LogP contribution is -2.23. The molecule has 0 atom stereocenters. The van der Waals surface area contributed by atoms with E-state index in [-0.39, 0.29) is 5.69 Å². The summed E-state index contributed by atoms with van der Waals surface area (Å²) in [4.78, 5) is 17.3. The molecule has 1 aromatic heterocycles. The van der Waals surface area contributed by atoms with E-state index in [9.17, 15) is 4.79 Å². The van der Waals surface area contributed by atoms with Crippen molar-refractivity contribution in [3.05, 3.63) is 34.7 Å². The first kappa shape index (κ1) is 7.54. The molecule has 2 radical (unpaired) electrons. The maximum atomic E-state index is 10.9. The van der Waals surface area contributed by atoms with E-state index in [0.29, 0.717) is 0 Å². The topological polar surface area (TPSA) is 45.8 Å². The molecule has 56 valence electrons. The lowest BCUT2D eigenvalue weighted by atomic mass is 10.2. The largest absolute Gasteiger partial charge is 0.344 e. The molecule has 3 nitrogen and oxygen atoms in total. The summed E-state index contributed by atoms with van der Waals surface area (Å²) >= 11 is 2.48. The minimum Gasteiger partial charge on any atom is -0.328 e. The first-order valence-electron chi connectivity index (χ1n) is 3.52. The van der Waals surface area contributed by atoms with Crippen LogP contribution in [0.5, 0.6) is 0 Å².